The summed E-state index contributed by atoms with van der Waals surface area (Å²) >= 11 is 3.44. The minimum atomic E-state index is -0.0168. The molecule has 0 bridgehead atoms. The maximum Gasteiger partial charge on any atom is 0.292 e. The van der Waals surface area contributed by atoms with E-state index >= 15 is 0 Å². The molecule has 0 aromatic carbocycles. The summed E-state index contributed by atoms with van der Waals surface area (Å²) in [6.07, 6.45) is 9.11. The van der Waals surface area contributed by atoms with E-state index in [4.69, 9.17) is 0 Å². The largest absolute Gasteiger partial charge is 0.313 e. The Hall–Kier alpha value is -0.880. The van der Waals surface area contributed by atoms with Gasteiger partial charge in [0.25, 0.3) is 5.56 Å². The molecular formula is C14H21BrN4O. The van der Waals surface area contributed by atoms with Gasteiger partial charge >= 0.3 is 0 Å². The summed E-state index contributed by atoms with van der Waals surface area (Å²) < 4.78 is 2.36. The summed E-state index contributed by atoms with van der Waals surface area (Å²) in [7, 11) is 0. The molecule has 1 aromatic rings. The number of nitrogens with zero attached hydrogens (tertiary/aromatic N) is 3. The first-order valence-corrected chi connectivity index (χ1v) is 8.30. The van der Waals surface area contributed by atoms with Gasteiger partial charge in [0.15, 0.2) is 0 Å². The van der Waals surface area contributed by atoms with E-state index in [1.165, 1.54) is 38.5 Å². The first-order valence-electron chi connectivity index (χ1n) is 7.51. The van der Waals surface area contributed by atoms with Crippen LogP contribution < -0.4 is 11.0 Å². The summed E-state index contributed by atoms with van der Waals surface area (Å²) in [5.41, 5.74) is 3.89. The molecule has 0 amide bonds. The lowest BCUT2D eigenvalue weighted by Gasteiger charge is -2.29. The van der Waals surface area contributed by atoms with E-state index in [9.17, 15) is 4.79 Å². The van der Waals surface area contributed by atoms with Gasteiger partial charge < -0.3 is 5.43 Å². The molecule has 2 fully saturated rings. The zero-order valence-electron chi connectivity index (χ0n) is 11.6. The van der Waals surface area contributed by atoms with Crippen LogP contribution in [-0.2, 0) is 6.54 Å². The van der Waals surface area contributed by atoms with Crippen molar-refractivity contribution in [1.29, 1.82) is 0 Å². The summed E-state index contributed by atoms with van der Waals surface area (Å²) in [5.74, 6) is 0.629. The van der Waals surface area contributed by atoms with Gasteiger partial charge in [0.2, 0.25) is 0 Å². The highest BCUT2D eigenvalue weighted by molar-refractivity contribution is 9.10. The van der Waals surface area contributed by atoms with Crippen molar-refractivity contribution >= 4 is 21.6 Å². The number of hydrogen-bond donors (Lipinski definition) is 1. The van der Waals surface area contributed by atoms with E-state index in [1.807, 2.05) is 0 Å². The quantitative estimate of drug-likeness (QED) is 0.915. The molecule has 110 valence electrons. The zero-order chi connectivity index (χ0) is 13.9. The average Bonchev–Trinajstić information content (AvgIpc) is 2.42. The molecule has 1 saturated carbocycles. The van der Waals surface area contributed by atoms with Crippen LogP contribution in [0.3, 0.4) is 0 Å². The van der Waals surface area contributed by atoms with Crippen molar-refractivity contribution in [3.05, 3.63) is 21.0 Å². The van der Waals surface area contributed by atoms with Crippen LogP contribution in [0.15, 0.2) is 15.5 Å². The van der Waals surface area contributed by atoms with E-state index in [0.717, 1.165) is 24.1 Å². The number of rotatable bonds is 4. The second kappa shape index (κ2) is 6.26. The normalized spacial score (nSPS) is 20.6. The van der Waals surface area contributed by atoms with E-state index < -0.39 is 0 Å². The van der Waals surface area contributed by atoms with Crippen LogP contribution in [0, 0.1) is 5.92 Å². The van der Waals surface area contributed by atoms with Crippen LogP contribution in [0.5, 0.6) is 0 Å². The molecule has 1 aliphatic heterocycles. The fourth-order valence-corrected chi connectivity index (χ4v) is 3.13. The third-order valence-corrected chi connectivity index (χ3v) is 4.88. The minimum Gasteiger partial charge on any atom is -0.313 e. The average molecular weight is 341 g/mol. The number of halogens is 1. The monoisotopic (exact) mass is 340 g/mol. The van der Waals surface area contributed by atoms with Gasteiger partial charge in [-0.05, 0) is 47.5 Å². The minimum absolute atomic E-state index is 0.0168. The molecule has 0 unspecified atom stereocenters. The Morgan fingerprint density at radius 1 is 1.25 bits per heavy atom. The predicted molar refractivity (Wildman–Crippen MR) is 82.6 cm³/mol. The van der Waals surface area contributed by atoms with Gasteiger partial charge in [-0.15, -0.1) is 0 Å². The van der Waals surface area contributed by atoms with E-state index in [1.54, 1.807) is 10.9 Å². The van der Waals surface area contributed by atoms with E-state index in [2.05, 4.69) is 31.5 Å². The lowest BCUT2D eigenvalue weighted by atomic mass is 9.85. The second-order valence-electron chi connectivity index (χ2n) is 5.81. The van der Waals surface area contributed by atoms with E-state index in [0.29, 0.717) is 11.6 Å². The van der Waals surface area contributed by atoms with Crippen LogP contribution in [0.1, 0.15) is 38.5 Å². The van der Waals surface area contributed by atoms with Crippen molar-refractivity contribution in [2.45, 2.75) is 45.1 Å². The first-order chi connectivity index (χ1) is 9.74. The Balaban J connectivity index is 1.77. The Morgan fingerprint density at radius 3 is 2.65 bits per heavy atom. The molecular weight excluding hydrogens is 320 g/mol. The van der Waals surface area contributed by atoms with Crippen molar-refractivity contribution in [1.82, 2.24) is 14.8 Å². The molecule has 0 radical (unpaired) electrons. The highest BCUT2D eigenvalue weighted by Gasteiger charge is 2.21. The maximum atomic E-state index is 12.5. The fraction of sp³-hybridized carbons (Fsp3) is 0.714. The molecule has 1 N–H and O–H groups in total. The molecule has 3 rings (SSSR count). The van der Waals surface area contributed by atoms with Crippen LogP contribution in [-0.4, -0.2) is 27.9 Å². The summed E-state index contributed by atoms with van der Waals surface area (Å²) in [6, 6.07) is 0. The van der Waals surface area contributed by atoms with Crippen molar-refractivity contribution < 1.29 is 0 Å². The zero-order valence-corrected chi connectivity index (χ0v) is 13.2. The summed E-state index contributed by atoms with van der Waals surface area (Å²) in [4.78, 5) is 12.5. The highest BCUT2D eigenvalue weighted by atomic mass is 79.9. The lowest BCUT2D eigenvalue weighted by molar-refractivity contribution is 0.259. The van der Waals surface area contributed by atoms with E-state index in [-0.39, 0.29) is 5.56 Å². The standard InChI is InChI=1S/C14H21BrN4O/c15-12-9-16-19(10-11-5-4-6-11)14(20)13(12)17-18-7-2-1-3-8-18/h9,11,17H,1-8,10H2. The molecule has 0 atom stereocenters. The molecule has 1 aliphatic carbocycles. The Morgan fingerprint density at radius 2 is 2.00 bits per heavy atom. The number of piperidine rings is 1. The van der Waals surface area contributed by atoms with Gasteiger partial charge in [0.05, 0.1) is 10.7 Å². The molecule has 5 nitrogen and oxygen atoms in total. The molecule has 2 heterocycles. The molecule has 2 aliphatic rings. The van der Waals surface area contributed by atoms with Crippen molar-refractivity contribution in [3.8, 4) is 0 Å². The van der Waals surface area contributed by atoms with Crippen LogP contribution in [0.25, 0.3) is 0 Å². The fourth-order valence-electron chi connectivity index (χ4n) is 2.78. The maximum absolute atomic E-state index is 12.5. The van der Waals surface area contributed by atoms with Gasteiger partial charge in [-0.1, -0.05) is 12.8 Å². The van der Waals surface area contributed by atoms with Crippen LogP contribution in [0.4, 0.5) is 5.69 Å². The van der Waals surface area contributed by atoms with Gasteiger partial charge in [-0.3, -0.25) is 4.79 Å². The van der Waals surface area contributed by atoms with Crippen molar-refractivity contribution in [3.63, 3.8) is 0 Å². The third-order valence-electron chi connectivity index (χ3n) is 4.28. The number of hydrogen-bond acceptors (Lipinski definition) is 4. The van der Waals surface area contributed by atoms with Gasteiger partial charge in [0.1, 0.15) is 5.69 Å². The SMILES string of the molecule is O=c1c(NN2CCCCC2)c(Br)cnn1CC1CCC1. The second-order valence-corrected chi connectivity index (χ2v) is 6.67. The van der Waals surface area contributed by atoms with Gasteiger partial charge in [-0.2, -0.15) is 5.10 Å². The number of nitrogens with one attached hydrogen (secondary N) is 1. The van der Waals surface area contributed by atoms with Gasteiger partial charge in [0, 0.05) is 19.6 Å². The summed E-state index contributed by atoms with van der Waals surface area (Å²) in [6.45, 7) is 2.74. The number of aromatic nitrogens is 2. The Labute approximate surface area is 127 Å². The third kappa shape index (κ3) is 3.06. The molecule has 1 aromatic heterocycles. The Kier molecular flexibility index (Phi) is 4.41. The topological polar surface area (TPSA) is 50.2 Å². The van der Waals surface area contributed by atoms with Crippen LogP contribution >= 0.6 is 15.9 Å². The Bertz CT molecular complexity index is 520. The van der Waals surface area contributed by atoms with Crippen molar-refractivity contribution in [2.24, 2.45) is 5.92 Å². The molecule has 20 heavy (non-hydrogen) atoms. The van der Waals surface area contributed by atoms with Crippen LogP contribution in [0.2, 0.25) is 0 Å². The number of anilines is 1. The molecule has 6 heteroatoms. The summed E-state index contributed by atoms with van der Waals surface area (Å²) in [5, 5.41) is 6.39. The number of hydrazine groups is 1. The molecule has 1 saturated heterocycles. The lowest BCUT2D eigenvalue weighted by Crippen LogP contribution is -2.39. The smallest absolute Gasteiger partial charge is 0.292 e. The predicted octanol–water partition coefficient (Wildman–Crippen LogP) is 2.62. The molecule has 0 spiro atoms. The van der Waals surface area contributed by atoms with Crippen molar-refractivity contribution in [2.75, 3.05) is 18.5 Å². The highest BCUT2D eigenvalue weighted by Crippen LogP contribution is 2.27. The first kappa shape index (κ1) is 14.1. The van der Waals surface area contributed by atoms with Gasteiger partial charge in [-0.25, -0.2) is 9.69 Å².